The fourth-order valence-electron chi connectivity index (χ4n) is 5.50. The van der Waals surface area contributed by atoms with E-state index in [1.807, 2.05) is 70.2 Å². The summed E-state index contributed by atoms with van der Waals surface area (Å²) in [5.74, 6) is 0.197. The molecule has 1 aliphatic carbocycles. The van der Waals surface area contributed by atoms with Gasteiger partial charge in [-0.25, -0.2) is 0 Å². The van der Waals surface area contributed by atoms with Gasteiger partial charge in [-0.15, -0.1) is 10.2 Å². The topological polar surface area (TPSA) is 134 Å². The van der Waals surface area contributed by atoms with Crippen molar-refractivity contribution in [1.29, 1.82) is 5.26 Å². The van der Waals surface area contributed by atoms with Crippen molar-refractivity contribution in [3.63, 3.8) is 0 Å². The molecule has 0 saturated heterocycles. The Morgan fingerprint density at radius 3 is 2.74 bits per heavy atom. The molecule has 216 valence electrons. The Morgan fingerprint density at radius 1 is 1.24 bits per heavy atom. The van der Waals surface area contributed by atoms with Crippen LogP contribution in [0.25, 0.3) is 0 Å². The third-order valence-electron chi connectivity index (χ3n) is 7.38. The fraction of sp³-hybridized carbons (Fsp3) is 0.323. The number of hydrogen-bond acceptors (Lipinski definition) is 10. The molecule has 3 N–H and O–H groups in total. The van der Waals surface area contributed by atoms with E-state index >= 15 is 0 Å². The average Bonchev–Trinajstić information content (AvgIpc) is 3.40. The predicted octanol–water partition coefficient (Wildman–Crippen LogP) is 5.84. The number of methoxy groups -OCH3 is 1. The molecule has 11 heteroatoms. The highest BCUT2D eigenvalue weighted by Gasteiger charge is 2.45. The third kappa shape index (κ3) is 5.78. The first-order valence-electron chi connectivity index (χ1n) is 13.4. The molecule has 0 radical (unpaired) electrons. The Labute approximate surface area is 253 Å². The van der Waals surface area contributed by atoms with Gasteiger partial charge in [-0.1, -0.05) is 66.8 Å². The van der Waals surface area contributed by atoms with Crippen molar-refractivity contribution in [2.24, 2.45) is 11.1 Å². The molecule has 3 aromatic rings. The number of aromatic nitrogens is 2. The smallest absolute Gasteiger partial charge is 0.234 e. The van der Waals surface area contributed by atoms with E-state index < -0.39 is 5.92 Å². The van der Waals surface area contributed by atoms with Crippen LogP contribution < -0.4 is 20.7 Å². The number of Topliss-reactive ketones (excluding diaryl/α,β-unsaturated/α-hetero) is 1. The summed E-state index contributed by atoms with van der Waals surface area (Å²) in [6, 6.07) is 15.5. The van der Waals surface area contributed by atoms with E-state index in [4.69, 9.17) is 10.5 Å². The van der Waals surface area contributed by atoms with E-state index in [0.717, 1.165) is 28.1 Å². The first kappa shape index (κ1) is 29.4. The van der Waals surface area contributed by atoms with Crippen molar-refractivity contribution in [2.45, 2.75) is 50.8 Å². The molecule has 1 aromatic heterocycles. The molecule has 1 atom stereocenters. The number of ketones is 1. The number of carbonyl (C=O) groups is 2. The van der Waals surface area contributed by atoms with Crippen LogP contribution in [0.2, 0.25) is 0 Å². The lowest BCUT2D eigenvalue weighted by Gasteiger charge is -2.42. The van der Waals surface area contributed by atoms with Gasteiger partial charge < -0.3 is 15.8 Å². The van der Waals surface area contributed by atoms with Gasteiger partial charge in [0.25, 0.3) is 0 Å². The van der Waals surface area contributed by atoms with Crippen LogP contribution in [0.3, 0.4) is 0 Å². The summed E-state index contributed by atoms with van der Waals surface area (Å²) >= 11 is 2.53. The highest BCUT2D eigenvalue weighted by Crippen LogP contribution is 2.51. The van der Waals surface area contributed by atoms with Crippen LogP contribution in [-0.2, 0) is 9.59 Å². The summed E-state index contributed by atoms with van der Waals surface area (Å²) < 4.78 is 6.00. The van der Waals surface area contributed by atoms with Gasteiger partial charge in [-0.05, 0) is 55.0 Å². The number of anilines is 2. The number of aryl methyl sites for hydroxylation is 2. The Kier molecular flexibility index (Phi) is 8.12. The molecule has 0 saturated carbocycles. The van der Waals surface area contributed by atoms with Gasteiger partial charge in [0, 0.05) is 23.4 Å². The molecule has 5 rings (SSSR count). The molecule has 0 fully saturated rings. The van der Waals surface area contributed by atoms with Gasteiger partial charge in [0.2, 0.25) is 11.0 Å². The van der Waals surface area contributed by atoms with Gasteiger partial charge in [-0.3, -0.25) is 14.5 Å². The Bertz CT molecular complexity index is 1680. The van der Waals surface area contributed by atoms with E-state index in [0.29, 0.717) is 33.6 Å². The average molecular weight is 601 g/mol. The molecule has 1 aliphatic heterocycles. The number of allylic oxidation sites excluding steroid dienone is 3. The van der Waals surface area contributed by atoms with E-state index in [1.54, 1.807) is 12.0 Å². The summed E-state index contributed by atoms with van der Waals surface area (Å²) in [5.41, 5.74) is 11.6. The van der Waals surface area contributed by atoms with Crippen molar-refractivity contribution in [2.75, 3.05) is 23.1 Å². The van der Waals surface area contributed by atoms with Gasteiger partial charge in [0.15, 0.2) is 10.1 Å². The number of nitrogens with two attached hydrogens (primary N) is 1. The number of amides is 1. The quantitative estimate of drug-likeness (QED) is 0.321. The van der Waals surface area contributed by atoms with Gasteiger partial charge in [0.1, 0.15) is 11.6 Å². The summed E-state index contributed by atoms with van der Waals surface area (Å²) in [6.07, 6.45) is 0.917. The van der Waals surface area contributed by atoms with Crippen molar-refractivity contribution < 1.29 is 14.3 Å². The zero-order valence-corrected chi connectivity index (χ0v) is 25.8. The zero-order chi connectivity index (χ0) is 30.2. The van der Waals surface area contributed by atoms with E-state index in [1.165, 1.54) is 23.1 Å². The molecule has 9 nitrogen and oxygen atoms in total. The Hall–Kier alpha value is -4.14. The van der Waals surface area contributed by atoms with Crippen LogP contribution >= 0.6 is 23.1 Å². The maximum atomic E-state index is 13.7. The summed E-state index contributed by atoms with van der Waals surface area (Å²) in [6.45, 7) is 8.05. The van der Waals surface area contributed by atoms with E-state index in [9.17, 15) is 14.9 Å². The van der Waals surface area contributed by atoms with Crippen LogP contribution in [0, 0.1) is 30.6 Å². The van der Waals surface area contributed by atoms with Crippen molar-refractivity contribution >= 4 is 45.6 Å². The lowest BCUT2D eigenvalue weighted by atomic mass is 9.68. The highest BCUT2D eigenvalue weighted by molar-refractivity contribution is 8.01. The Balaban J connectivity index is 1.46. The van der Waals surface area contributed by atoms with Gasteiger partial charge in [0.05, 0.1) is 30.4 Å². The molecule has 2 heterocycles. The zero-order valence-electron chi connectivity index (χ0n) is 24.1. The normalized spacial score (nSPS) is 18.0. The van der Waals surface area contributed by atoms with Crippen LogP contribution in [0.1, 0.15) is 49.3 Å². The minimum atomic E-state index is -0.615. The summed E-state index contributed by atoms with van der Waals surface area (Å²) in [4.78, 5) is 28.1. The number of carbonyl (C=O) groups excluding carboxylic acids is 2. The van der Waals surface area contributed by atoms with E-state index in [2.05, 4.69) is 21.6 Å². The molecular formula is C31H32N6O3S2. The largest absolute Gasteiger partial charge is 0.497 e. The second kappa shape index (κ2) is 11.6. The Morgan fingerprint density at radius 2 is 2.02 bits per heavy atom. The molecule has 2 aromatic carbocycles. The number of nitriles is 1. The van der Waals surface area contributed by atoms with Crippen LogP contribution in [0.15, 0.2) is 69.5 Å². The number of ether oxygens (including phenoxy) is 1. The molecule has 0 spiro atoms. The summed E-state index contributed by atoms with van der Waals surface area (Å²) in [5, 5.41) is 22.4. The molecular weight excluding hydrogens is 569 g/mol. The first-order valence-corrected chi connectivity index (χ1v) is 15.2. The minimum absolute atomic E-state index is 0.0264. The maximum Gasteiger partial charge on any atom is 0.234 e. The van der Waals surface area contributed by atoms with Crippen molar-refractivity contribution in [3.05, 3.63) is 81.8 Å². The first-order chi connectivity index (χ1) is 20.0. The monoisotopic (exact) mass is 600 g/mol. The highest BCUT2D eigenvalue weighted by atomic mass is 32.2. The number of thioether (sulfide) groups is 1. The second-order valence-electron chi connectivity index (χ2n) is 11.3. The van der Waals surface area contributed by atoms with E-state index in [-0.39, 0.29) is 34.3 Å². The molecule has 2 aliphatic rings. The van der Waals surface area contributed by atoms with Gasteiger partial charge in [-0.2, -0.15) is 5.26 Å². The number of rotatable bonds is 7. The lowest BCUT2D eigenvalue weighted by Crippen LogP contribution is -2.42. The molecule has 0 bridgehead atoms. The molecule has 42 heavy (non-hydrogen) atoms. The molecule has 1 amide bonds. The van der Waals surface area contributed by atoms with Crippen LogP contribution in [0.5, 0.6) is 5.75 Å². The number of hydrogen-bond donors (Lipinski definition) is 2. The third-order valence-corrected chi connectivity index (χ3v) is 9.42. The number of benzene rings is 2. The standard InChI is InChI=1S/C31H32N6O3S2/c1-17-9-10-22(18(2)11-17)34-25(39)16-41-30-36-35-29(42-30)37-23-13-31(3,4)14-24(38)27(23)26(21(15-32)28(37)33)19-7-6-8-20(12-19)40-5/h6-12,26H,13-14,16,33H2,1-5H3,(H,34,39). The SMILES string of the molecule is COc1cccc(C2C(C#N)=C(N)N(c3nnc(SCC(=O)Nc4ccc(C)cc4C)s3)C3=C2C(=O)CC(C)(C)C3)c1. The van der Waals surface area contributed by atoms with Gasteiger partial charge >= 0.3 is 0 Å². The minimum Gasteiger partial charge on any atom is -0.497 e. The lowest BCUT2D eigenvalue weighted by molar-refractivity contribution is -0.118. The summed E-state index contributed by atoms with van der Waals surface area (Å²) in [7, 11) is 1.58. The van der Waals surface area contributed by atoms with Crippen molar-refractivity contribution in [3.8, 4) is 11.8 Å². The predicted molar refractivity (Wildman–Crippen MR) is 165 cm³/mol. The second-order valence-corrected chi connectivity index (χ2v) is 13.4. The van der Waals surface area contributed by atoms with Crippen LogP contribution in [-0.4, -0.2) is 34.8 Å². The maximum absolute atomic E-state index is 13.7. The number of nitrogens with one attached hydrogen (secondary N) is 1. The van der Waals surface area contributed by atoms with Crippen molar-refractivity contribution in [1.82, 2.24) is 10.2 Å². The number of nitrogens with zero attached hydrogens (tertiary/aromatic N) is 4. The molecule has 1 unspecified atom stereocenters. The van der Waals surface area contributed by atoms with Crippen LogP contribution in [0.4, 0.5) is 10.8 Å². The fourth-order valence-corrected chi connectivity index (χ4v) is 7.18.